The molecule has 26 heavy (non-hydrogen) atoms. The summed E-state index contributed by atoms with van der Waals surface area (Å²) in [5.41, 5.74) is 1.29. The van der Waals surface area contributed by atoms with Gasteiger partial charge in [-0.05, 0) is 42.0 Å². The van der Waals surface area contributed by atoms with Crippen LogP contribution in [0.2, 0.25) is 5.02 Å². The maximum atomic E-state index is 12.4. The van der Waals surface area contributed by atoms with Crippen LogP contribution in [0.15, 0.2) is 66.9 Å². The van der Waals surface area contributed by atoms with Crippen LogP contribution in [0.3, 0.4) is 0 Å². The first-order chi connectivity index (χ1) is 12.7. The lowest BCUT2D eigenvalue weighted by atomic mass is 10.1. The maximum Gasteiger partial charge on any atom is 0.255 e. The van der Waals surface area contributed by atoms with Gasteiger partial charge in [0.25, 0.3) is 5.91 Å². The second-order valence-electron chi connectivity index (χ2n) is 5.44. The van der Waals surface area contributed by atoms with E-state index in [-0.39, 0.29) is 5.91 Å². The number of benzene rings is 2. The van der Waals surface area contributed by atoms with Gasteiger partial charge in [-0.2, -0.15) is 0 Å². The van der Waals surface area contributed by atoms with Gasteiger partial charge >= 0.3 is 0 Å². The molecule has 0 aliphatic rings. The van der Waals surface area contributed by atoms with Crippen LogP contribution in [0.1, 0.15) is 15.9 Å². The van der Waals surface area contributed by atoms with E-state index in [2.05, 4.69) is 10.3 Å². The van der Waals surface area contributed by atoms with Gasteiger partial charge in [0.1, 0.15) is 11.5 Å². The highest BCUT2D eigenvalue weighted by Crippen LogP contribution is 2.23. The summed E-state index contributed by atoms with van der Waals surface area (Å²) in [6.45, 7) is 0.341. The maximum absolute atomic E-state index is 12.4. The summed E-state index contributed by atoms with van der Waals surface area (Å²) in [5.74, 6) is 1.37. The third-order valence-electron chi connectivity index (χ3n) is 3.62. The lowest BCUT2D eigenvalue weighted by Gasteiger charge is -2.11. The van der Waals surface area contributed by atoms with Gasteiger partial charge in [0.2, 0.25) is 5.88 Å². The van der Waals surface area contributed by atoms with Gasteiger partial charge in [0, 0.05) is 23.8 Å². The highest BCUT2D eigenvalue weighted by Gasteiger charge is 2.12. The third-order valence-corrected chi connectivity index (χ3v) is 3.85. The molecule has 5 nitrogen and oxygen atoms in total. The molecule has 132 valence electrons. The molecule has 1 aromatic heterocycles. The number of pyridine rings is 1. The second kappa shape index (κ2) is 8.36. The average Bonchev–Trinajstić information content (AvgIpc) is 2.67. The first-order valence-corrected chi connectivity index (χ1v) is 8.33. The van der Waals surface area contributed by atoms with Crippen LogP contribution < -0.4 is 14.8 Å². The zero-order valence-electron chi connectivity index (χ0n) is 14.1. The van der Waals surface area contributed by atoms with Crippen molar-refractivity contribution in [3.8, 4) is 17.4 Å². The van der Waals surface area contributed by atoms with E-state index in [1.165, 1.54) is 7.11 Å². The van der Waals surface area contributed by atoms with Gasteiger partial charge in [-0.15, -0.1) is 0 Å². The molecular formula is C20H17ClN2O3. The van der Waals surface area contributed by atoms with Crippen LogP contribution in [-0.4, -0.2) is 18.0 Å². The molecule has 0 radical (unpaired) electrons. The number of carbonyl (C=O) groups excluding carboxylic acids is 1. The summed E-state index contributed by atoms with van der Waals surface area (Å²) >= 11 is 5.97. The fourth-order valence-corrected chi connectivity index (χ4v) is 2.55. The number of hydrogen-bond acceptors (Lipinski definition) is 4. The number of nitrogens with zero attached hydrogens (tertiary/aromatic N) is 1. The number of aromatic nitrogens is 1. The van der Waals surface area contributed by atoms with Gasteiger partial charge in [0.15, 0.2) is 0 Å². The Labute approximate surface area is 156 Å². The molecular weight excluding hydrogens is 352 g/mol. The normalized spacial score (nSPS) is 10.2. The van der Waals surface area contributed by atoms with Gasteiger partial charge < -0.3 is 14.8 Å². The molecule has 3 aromatic rings. The zero-order chi connectivity index (χ0) is 18.4. The number of nitrogens with one attached hydrogen (secondary N) is 1. The van der Waals surface area contributed by atoms with E-state index in [9.17, 15) is 4.79 Å². The molecule has 0 aliphatic carbocycles. The van der Waals surface area contributed by atoms with Crippen molar-refractivity contribution in [1.82, 2.24) is 10.3 Å². The van der Waals surface area contributed by atoms with Crippen molar-refractivity contribution in [2.75, 3.05) is 7.11 Å². The summed E-state index contributed by atoms with van der Waals surface area (Å²) < 4.78 is 10.9. The van der Waals surface area contributed by atoms with Gasteiger partial charge in [-0.1, -0.05) is 29.8 Å². The van der Waals surface area contributed by atoms with Crippen LogP contribution >= 0.6 is 11.6 Å². The van der Waals surface area contributed by atoms with Crippen LogP contribution in [0.5, 0.6) is 17.4 Å². The number of rotatable bonds is 6. The molecule has 0 saturated heterocycles. The molecule has 0 saturated carbocycles. The number of carbonyl (C=O) groups is 1. The van der Waals surface area contributed by atoms with Gasteiger partial charge in [0.05, 0.1) is 12.7 Å². The minimum atomic E-state index is -0.264. The highest BCUT2D eigenvalue weighted by atomic mass is 35.5. The minimum Gasteiger partial charge on any atom is -0.496 e. The average molecular weight is 369 g/mol. The van der Waals surface area contributed by atoms with Gasteiger partial charge in [-0.3, -0.25) is 4.79 Å². The monoisotopic (exact) mass is 368 g/mol. The Kier molecular flexibility index (Phi) is 5.71. The smallest absolute Gasteiger partial charge is 0.255 e. The number of methoxy groups -OCH3 is 1. The van der Waals surface area contributed by atoms with Crippen LogP contribution in [0, 0.1) is 0 Å². The number of halogens is 1. The van der Waals surface area contributed by atoms with Crippen molar-refractivity contribution in [1.29, 1.82) is 0 Å². The minimum absolute atomic E-state index is 0.264. The molecule has 0 fully saturated rings. The van der Waals surface area contributed by atoms with E-state index in [0.717, 1.165) is 5.56 Å². The van der Waals surface area contributed by atoms with Gasteiger partial charge in [-0.25, -0.2) is 4.98 Å². The van der Waals surface area contributed by atoms with E-state index < -0.39 is 0 Å². The Balaban J connectivity index is 1.67. The number of hydrogen-bond donors (Lipinski definition) is 1. The van der Waals surface area contributed by atoms with Crippen LogP contribution in [0.4, 0.5) is 0 Å². The Bertz CT molecular complexity index is 901. The quantitative estimate of drug-likeness (QED) is 0.697. The molecule has 3 rings (SSSR count). The van der Waals surface area contributed by atoms with Crippen molar-refractivity contribution in [3.63, 3.8) is 0 Å². The van der Waals surface area contributed by atoms with E-state index in [0.29, 0.717) is 34.5 Å². The lowest BCUT2D eigenvalue weighted by molar-refractivity contribution is 0.0948. The predicted molar refractivity (Wildman–Crippen MR) is 99.9 cm³/mol. The predicted octanol–water partition coefficient (Wildman–Crippen LogP) is 4.47. The summed E-state index contributed by atoms with van der Waals surface area (Å²) in [5, 5.41) is 3.33. The Morgan fingerprint density at radius 2 is 2.00 bits per heavy atom. The van der Waals surface area contributed by atoms with Crippen molar-refractivity contribution in [3.05, 3.63) is 83.0 Å². The fraction of sp³-hybridized carbons (Fsp3) is 0.100. The first kappa shape index (κ1) is 17.8. The van der Waals surface area contributed by atoms with Crippen LogP contribution in [0.25, 0.3) is 0 Å². The van der Waals surface area contributed by atoms with E-state index >= 15 is 0 Å². The van der Waals surface area contributed by atoms with Crippen molar-refractivity contribution in [2.45, 2.75) is 6.54 Å². The van der Waals surface area contributed by atoms with E-state index in [1.54, 1.807) is 30.5 Å². The molecule has 1 heterocycles. The molecule has 0 unspecified atom stereocenters. The number of amides is 1. The van der Waals surface area contributed by atoms with Crippen LogP contribution in [-0.2, 0) is 6.54 Å². The second-order valence-corrected chi connectivity index (χ2v) is 5.88. The largest absolute Gasteiger partial charge is 0.496 e. The van der Waals surface area contributed by atoms with Crippen molar-refractivity contribution < 1.29 is 14.3 Å². The summed E-state index contributed by atoms with van der Waals surface area (Å²) in [6.07, 6.45) is 1.66. The summed E-state index contributed by atoms with van der Waals surface area (Å²) in [4.78, 5) is 16.6. The molecule has 0 aliphatic heterocycles. The molecule has 0 bridgehead atoms. The van der Waals surface area contributed by atoms with E-state index in [1.807, 2.05) is 36.4 Å². The molecule has 0 atom stereocenters. The molecule has 0 spiro atoms. The summed E-state index contributed by atoms with van der Waals surface area (Å²) in [6, 6.07) is 17.8. The molecule has 1 amide bonds. The van der Waals surface area contributed by atoms with E-state index in [4.69, 9.17) is 21.1 Å². The SMILES string of the molecule is COc1ccc(Cl)cc1C(=O)NCc1cccc(Oc2ccccn2)c1. The standard InChI is InChI=1S/C20H17ClN2O3/c1-25-18-9-8-15(21)12-17(18)20(24)23-13-14-5-4-6-16(11-14)26-19-7-2-3-10-22-19/h2-12H,13H2,1H3,(H,23,24). The third kappa shape index (κ3) is 4.52. The fourth-order valence-electron chi connectivity index (χ4n) is 2.38. The molecule has 1 N–H and O–H groups in total. The Morgan fingerprint density at radius 3 is 2.77 bits per heavy atom. The zero-order valence-corrected chi connectivity index (χ0v) is 14.9. The highest BCUT2D eigenvalue weighted by molar-refractivity contribution is 6.31. The van der Waals surface area contributed by atoms with Crippen molar-refractivity contribution >= 4 is 17.5 Å². The van der Waals surface area contributed by atoms with Crippen molar-refractivity contribution in [2.24, 2.45) is 0 Å². The Hall–Kier alpha value is -3.05. The lowest BCUT2D eigenvalue weighted by Crippen LogP contribution is -2.23. The molecule has 6 heteroatoms. The topological polar surface area (TPSA) is 60.5 Å². The Morgan fingerprint density at radius 1 is 1.12 bits per heavy atom. The molecule has 2 aromatic carbocycles. The number of ether oxygens (including phenoxy) is 2. The first-order valence-electron chi connectivity index (χ1n) is 7.95. The summed E-state index contributed by atoms with van der Waals surface area (Å²) in [7, 11) is 1.51.